The van der Waals surface area contributed by atoms with Crippen LogP contribution in [0.25, 0.3) is 0 Å². The average molecular weight is 321 g/mol. The van der Waals surface area contributed by atoms with Crippen LogP contribution in [0.5, 0.6) is 11.5 Å². The zero-order chi connectivity index (χ0) is 14.6. The number of halogens is 1. The van der Waals surface area contributed by atoms with Crippen LogP contribution in [0.1, 0.15) is 18.4 Å². The quantitative estimate of drug-likeness (QED) is 0.779. The Balaban J connectivity index is 2.12. The number of hydrogen-bond acceptors (Lipinski definition) is 5. The van der Waals surface area contributed by atoms with Crippen molar-refractivity contribution < 1.29 is 22.6 Å². The van der Waals surface area contributed by atoms with Gasteiger partial charge in [-0.15, -0.1) is 0 Å². The molecule has 5 nitrogen and oxygen atoms in total. The van der Waals surface area contributed by atoms with Crippen molar-refractivity contribution in [2.24, 2.45) is 0 Å². The molecule has 0 aromatic heterocycles. The summed E-state index contributed by atoms with van der Waals surface area (Å²) in [4.78, 5) is 0. The third-order valence-electron chi connectivity index (χ3n) is 3.03. The molecule has 20 heavy (non-hydrogen) atoms. The van der Waals surface area contributed by atoms with Crippen LogP contribution in [-0.2, 0) is 19.5 Å². The third kappa shape index (κ3) is 4.54. The molecule has 1 fully saturated rings. The Hall–Kier alpha value is -0.980. The fourth-order valence-electron chi connectivity index (χ4n) is 2.07. The van der Waals surface area contributed by atoms with E-state index in [-0.39, 0.29) is 11.9 Å². The van der Waals surface area contributed by atoms with E-state index in [0.717, 1.165) is 12.8 Å². The predicted octanol–water partition coefficient (Wildman–Crippen LogP) is 2.32. The minimum Gasteiger partial charge on any atom is -0.493 e. The van der Waals surface area contributed by atoms with Gasteiger partial charge in [-0.3, -0.25) is 0 Å². The molecule has 0 aliphatic carbocycles. The molecule has 2 rings (SSSR count). The van der Waals surface area contributed by atoms with Crippen molar-refractivity contribution in [3.8, 4) is 11.5 Å². The van der Waals surface area contributed by atoms with Gasteiger partial charge < -0.3 is 14.2 Å². The summed E-state index contributed by atoms with van der Waals surface area (Å²) in [6.45, 7) is 1.38. The van der Waals surface area contributed by atoms with E-state index in [1.54, 1.807) is 18.2 Å². The highest BCUT2D eigenvalue weighted by molar-refractivity contribution is 8.13. The van der Waals surface area contributed by atoms with E-state index in [0.29, 0.717) is 30.3 Å². The zero-order valence-corrected chi connectivity index (χ0v) is 12.7. The van der Waals surface area contributed by atoms with Gasteiger partial charge in [0.1, 0.15) is 6.10 Å². The van der Waals surface area contributed by atoms with Crippen molar-refractivity contribution in [2.45, 2.75) is 24.7 Å². The third-order valence-corrected chi connectivity index (χ3v) is 4.03. The van der Waals surface area contributed by atoms with Crippen molar-refractivity contribution in [3.05, 3.63) is 23.8 Å². The lowest BCUT2D eigenvalue weighted by Gasteiger charge is -2.24. The Morgan fingerprint density at radius 2 is 2.00 bits per heavy atom. The van der Waals surface area contributed by atoms with Gasteiger partial charge >= 0.3 is 0 Å². The number of rotatable bonds is 5. The van der Waals surface area contributed by atoms with E-state index >= 15 is 0 Å². The first kappa shape index (κ1) is 15.4. The largest absolute Gasteiger partial charge is 0.493 e. The first-order valence-electron chi connectivity index (χ1n) is 6.31. The van der Waals surface area contributed by atoms with E-state index in [1.165, 1.54) is 7.11 Å². The minimum atomic E-state index is -3.58. The smallest absolute Gasteiger partial charge is 0.236 e. The molecule has 0 radical (unpaired) electrons. The Kier molecular flexibility index (Phi) is 5.12. The van der Waals surface area contributed by atoms with Crippen molar-refractivity contribution in [1.29, 1.82) is 0 Å². The van der Waals surface area contributed by atoms with Crippen LogP contribution in [0.15, 0.2) is 18.2 Å². The predicted molar refractivity (Wildman–Crippen MR) is 75.9 cm³/mol. The van der Waals surface area contributed by atoms with Gasteiger partial charge in [-0.1, -0.05) is 6.07 Å². The molecule has 1 heterocycles. The van der Waals surface area contributed by atoms with Crippen molar-refractivity contribution in [3.63, 3.8) is 0 Å². The summed E-state index contributed by atoms with van der Waals surface area (Å²) in [6, 6.07) is 5.03. The maximum Gasteiger partial charge on any atom is 0.236 e. The van der Waals surface area contributed by atoms with Gasteiger partial charge in [0, 0.05) is 23.5 Å². The van der Waals surface area contributed by atoms with Crippen molar-refractivity contribution >= 4 is 19.7 Å². The summed E-state index contributed by atoms with van der Waals surface area (Å²) in [7, 11) is 3.18. The molecule has 1 aromatic carbocycles. The van der Waals surface area contributed by atoms with E-state index in [1.807, 2.05) is 0 Å². The first-order chi connectivity index (χ1) is 9.48. The Morgan fingerprint density at radius 3 is 2.60 bits per heavy atom. The molecule has 1 aliphatic heterocycles. The molecule has 0 saturated carbocycles. The molecule has 0 unspecified atom stereocenters. The number of methoxy groups -OCH3 is 1. The Morgan fingerprint density at radius 1 is 1.30 bits per heavy atom. The number of benzene rings is 1. The number of ether oxygens (including phenoxy) is 3. The van der Waals surface area contributed by atoms with Crippen LogP contribution in [-0.4, -0.2) is 34.8 Å². The highest BCUT2D eigenvalue weighted by atomic mass is 35.7. The van der Waals surface area contributed by atoms with E-state index in [4.69, 9.17) is 24.9 Å². The highest BCUT2D eigenvalue weighted by Gasteiger charge is 2.18. The van der Waals surface area contributed by atoms with Gasteiger partial charge in [-0.2, -0.15) is 0 Å². The van der Waals surface area contributed by atoms with Crippen LogP contribution < -0.4 is 9.47 Å². The van der Waals surface area contributed by atoms with E-state index in [9.17, 15) is 8.42 Å². The SMILES string of the molecule is COc1cc(CS(=O)(=O)Cl)ccc1OC1CCOCC1. The molecule has 1 aliphatic rings. The summed E-state index contributed by atoms with van der Waals surface area (Å²) >= 11 is 0. The summed E-state index contributed by atoms with van der Waals surface area (Å²) in [6.07, 6.45) is 1.77. The maximum atomic E-state index is 11.1. The van der Waals surface area contributed by atoms with Gasteiger partial charge in [0.05, 0.1) is 26.1 Å². The second-order valence-corrected chi connectivity index (χ2v) is 7.37. The second kappa shape index (κ2) is 6.65. The van der Waals surface area contributed by atoms with Gasteiger partial charge in [0.25, 0.3) is 0 Å². The van der Waals surface area contributed by atoms with Crippen LogP contribution >= 0.6 is 10.7 Å². The van der Waals surface area contributed by atoms with Gasteiger partial charge in [0.15, 0.2) is 11.5 Å². The van der Waals surface area contributed by atoms with Crippen LogP contribution in [0.4, 0.5) is 0 Å². The zero-order valence-electron chi connectivity index (χ0n) is 11.2. The molecule has 0 bridgehead atoms. The monoisotopic (exact) mass is 320 g/mol. The minimum absolute atomic E-state index is 0.0975. The van der Waals surface area contributed by atoms with E-state index < -0.39 is 9.05 Å². The lowest BCUT2D eigenvalue weighted by molar-refractivity contribution is 0.0245. The molecule has 0 amide bonds. The molecule has 1 aromatic rings. The second-order valence-electron chi connectivity index (χ2n) is 4.60. The standard InChI is InChI=1S/C13H17ClO5S/c1-17-13-8-10(9-20(14,15)16)2-3-12(13)19-11-4-6-18-7-5-11/h2-3,8,11H,4-7,9H2,1H3. The molecule has 0 N–H and O–H groups in total. The van der Waals surface area contributed by atoms with Gasteiger partial charge in [0.2, 0.25) is 9.05 Å². The van der Waals surface area contributed by atoms with Crippen molar-refractivity contribution in [2.75, 3.05) is 20.3 Å². The van der Waals surface area contributed by atoms with Gasteiger partial charge in [-0.25, -0.2) is 8.42 Å². The summed E-state index contributed by atoms with van der Waals surface area (Å²) in [5, 5.41) is 0. The highest BCUT2D eigenvalue weighted by Crippen LogP contribution is 2.31. The van der Waals surface area contributed by atoms with Crippen LogP contribution in [0.3, 0.4) is 0 Å². The van der Waals surface area contributed by atoms with Crippen LogP contribution in [0, 0.1) is 0 Å². The normalized spacial score (nSPS) is 16.9. The Bertz CT molecular complexity index is 552. The molecular weight excluding hydrogens is 304 g/mol. The average Bonchev–Trinajstić information content (AvgIpc) is 2.40. The number of hydrogen-bond donors (Lipinski definition) is 0. The van der Waals surface area contributed by atoms with Gasteiger partial charge in [-0.05, 0) is 17.7 Å². The molecule has 112 valence electrons. The molecule has 7 heteroatoms. The lowest BCUT2D eigenvalue weighted by Crippen LogP contribution is -2.26. The molecule has 0 atom stereocenters. The lowest BCUT2D eigenvalue weighted by atomic mass is 10.1. The fourth-order valence-corrected chi connectivity index (χ4v) is 3.03. The first-order valence-corrected chi connectivity index (χ1v) is 8.79. The summed E-state index contributed by atoms with van der Waals surface area (Å²) in [5.41, 5.74) is 0.566. The summed E-state index contributed by atoms with van der Waals surface area (Å²) < 4.78 is 38.6. The van der Waals surface area contributed by atoms with Crippen LogP contribution in [0.2, 0.25) is 0 Å². The molecular formula is C13H17ClO5S. The van der Waals surface area contributed by atoms with E-state index in [2.05, 4.69) is 0 Å². The maximum absolute atomic E-state index is 11.1. The fraction of sp³-hybridized carbons (Fsp3) is 0.538. The molecule has 1 saturated heterocycles. The Labute approximate surface area is 123 Å². The van der Waals surface area contributed by atoms with Crippen molar-refractivity contribution in [1.82, 2.24) is 0 Å². The molecule has 0 spiro atoms. The summed E-state index contributed by atoms with van der Waals surface area (Å²) in [5.74, 6) is 0.882. The topological polar surface area (TPSA) is 61.8 Å².